The first-order chi connectivity index (χ1) is 6.16. The highest BCUT2D eigenvalue weighted by atomic mass is 35.5. The summed E-state index contributed by atoms with van der Waals surface area (Å²) in [6.45, 7) is 0. The van der Waals surface area contributed by atoms with Gasteiger partial charge in [0.25, 0.3) is 0 Å². The van der Waals surface area contributed by atoms with E-state index in [0.717, 1.165) is 18.4 Å². The second-order valence-electron chi connectivity index (χ2n) is 3.19. The minimum Gasteiger partial charge on any atom is -0.477 e. The molecule has 1 aliphatic rings. The smallest absolute Gasteiger partial charge is 0.354 e. The maximum Gasteiger partial charge on any atom is 0.354 e. The molecule has 0 aromatic carbocycles. The van der Waals surface area contributed by atoms with E-state index in [1.807, 2.05) is 0 Å². The zero-order valence-electron chi connectivity index (χ0n) is 6.83. The number of halogens is 1. The largest absolute Gasteiger partial charge is 0.477 e. The fourth-order valence-electron chi connectivity index (χ4n) is 1.28. The summed E-state index contributed by atoms with van der Waals surface area (Å²) >= 11 is 5.69. The third-order valence-corrected chi connectivity index (χ3v) is 2.28. The standard InChI is InChI=1S/C9H8ClNO2/c10-8-4-6(5-1-2-5)3-7(11-8)9(12)13/h3-5H,1-2H2,(H,12,13). The van der Waals surface area contributed by atoms with Gasteiger partial charge in [-0.2, -0.15) is 0 Å². The van der Waals surface area contributed by atoms with Crippen molar-refractivity contribution in [2.24, 2.45) is 0 Å². The van der Waals surface area contributed by atoms with Gasteiger partial charge in [-0.1, -0.05) is 11.6 Å². The zero-order chi connectivity index (χ0) is 9.42. The minimum atomic E-state index is -1.02. The van der Waals surface area contributed by atoms with Crippen LogP contribution < -0.4 is 0 Å². The second kappa shape index (κ2) is 3.00. The summed E-state index contributed by atoms with van der Waals surface area (Å²) in [5, 5.41) is 8.98. The van der Waals surface area contributed by atoms with Gasteiger partial charge in [0, 0.05) is 0 Å². The Hall–Kier alpha value is -1.09. The minimum absolute atomic E-state index is 0.0365. The van der Waals surface area contributed by atoms with Gasteiger partial charge < -0.3 is 5.11 Å². The number of rotatable bonds is 2. The van der Waals surface area contributed by atoms with E-state index in [2.05, 4.69) is 4.98 Å². The van der Waals surface area contributed by atoms with E-state index in [1.165, 1.54) is 0 Å². The Morgan fingerprint density at radius 3 is 2.77 bits per heavy atom. The number of carboxylic acids is 1. The number of hydrogen-bond acceptors (Lipinski definition) is 2. The first kappa shape index (κ1) is 8.51. The molecule has 0 unspecified atom stereocenters. The molecule has 1 saturated carbocycles. The number of carboxylic acid groups (broad SMARTS) is 1. The molecule has 3 nitrogen and oxygen atoms in total. The number of pyridine rings is 1. The van der Waals surface area contributed by atoms with Gasteiger partial charge in [0.2, 0.25) is 0 Å². The van der Waals surface area contributed by atoms with E-state index < -0.39 is 5.97 Å². The first-order valence-electron chi connectivity index (χ1n) is 4.07. The maximum atomic E-state index is 10.6. The molecule has 0 amide bonds. The number of nitrogens with zero attached hydrogens (tertiary/aromatic N) is 1. The normalized spacial score (nSPS) is 15.8. The van der Waals surface area contributed by atoms with Gasteiger partial charge >= 0.3 is 5.97 Å². The van der Waals surface area contributed by atoms with Gasteiger partial charge in [-0.05, 0) is 36.5 Å². The molecule has 1 aromatic rings. The molecular formula is C9H8ClNO2. The predicted octanol–water partition coefficient (Wildman–Crippen LogP) is 2.31. The maximum absolute atomic E-state index is 10.6. The Morgan fingerprint density at radius 1 is 1.54 bits per heavy atom. The Morgan fingerprint density at radius 2 is 2.23 bits per heavy atom. The lowest BCUT2D eigenvalue weighted by Gasteiger charge is -2.00. The van der Waals surface area contributed by atoms with Crippen molar-refractivity contribution in [3.8, 4) is 0 Å². The molecule has 1 fully saturated rings. The summed E-state index contributed by atoms with van der Waals surface area (Å²) in [6, 6.07) is 3.34. The number of hydrogen-bond donors (Lipinski definition) is 1. The summed E-state index contributed by atoms with van der Waals surface area (Å²) in [6.07, 6.45) is 2.25. The van der Waals surface area contributed by atoms with Crippen molar-refractivity contribution in [3.05, 3.63) is 28.5 Å². The molecule has 0 spiro atoms. The van der Waals surface area contributed by atoms with Crippen molar-refractivity contribution in [3.63, 3.8) is 0 Å². The van der Waals surface area contributed by atoms with E-state index in [-0.39, 0.29) is 10.8 Å². The van der Waals surface area contributed by atoms with Crippen LogP contribution in [0.5, 0.6) is 0 Å². The van der Waals surface area contributed by atoms with Crippen LogP contribution in [0.4, 0.5) is 0 Å². The molecule has 0 atom stereocenters. The van der Waals surface area contributed by atoms with Crippen molar-refractivity contribution in [2.45, 2.75) is 18.8 Å². The van der Waals surface area contributed by atoms with Crippen molar-refractivity contribution in [1.82, 2.24) is 4.98 Å². The van der Waals surface area contributed by atoms with Crippen LogP contribution in [0.3, 0.4) is 0 Å². The van der Waals surface area contributed by atoms with E-state index in [0.29, 0.717) is 5.92 Å². The van der Waals surface area contributed by atoms with Crippen LogP contribution in [0.1, 0.15) is 34.8 Å². The lowest BCUT2D eigenvalue weighted by atomic mass is 10.1. The van der Waals surface area contributed by atoms with Crippen LogP contribution in [0.25, 0.3) is 0 Å². The number of aromatic nitrogens is 1. The van der Waals surface area contributed by atoms with Crippen LogP contribution in [0.15, 0.2) is 12.1 Å². The summed E-state index contributed by atoms with van der Waals surface area (Å²) in [5.41, 5.74) is 1.03. The van der Waals surface area contributed by atoms with E-state index in [1.54, 1.807) is 12.1 Å². The third-order valence-electron chi connectivity index (χ3n) is 2.08. The Balaban J connectivity index is 2.41. The topological polar surface area (TPSA) is 50.2 Å². The highest BCUT2D eigenvalue weighted by Gasteiger charge is 2.25. The molecule has 0 aliphatic heterocycles. The molecule has 0 bridgehead atoms. The van der Waals surface area contributed by atoms with Gasteiger partial charge in [-0.25, -0.2) is 9.78 Å². The van der Waals surface area contributed by atoms with Gasteiger partial charge in [0.05, 0.1) is 0 Å². The predicted molar refractivity (Wildman–Crippen MR) is 48.2 cm³/mol. The Labute approximate surface area is 80.4 Å². The SMILES string of the molecule is O=C(O)c1cc(C2CC2)cc(Cl)n1. The van der Waals surface area contributed by atoms with Crippen molar-refractivity contribution in [2.75, 3.05) is 0 Å². The Bertz CT molecular complexity index is 361. The summed E-state index contributed by atoms with van der Waals surface area (Å²) in [4.78, 5) is 14.3. The van der Waals surface area contributed by atoms with Crippen LogP contribution in [0, 0.1) is 0 Å². The van der Waals surface area contributed by atoms with Crippen molar-refractivity contribution < 1.29 is 9.90 Å². The van der Waals surface area contributed by atoms with Gasteiger partial charge in [0.15, 0.2) is 0 Å². The molecule has 0 saturated heterocycles. The average Bonchev–Trinajstić information content (AvgIpc) is 2.85. The summed E-state index contributed by atoms with van der Waals surface area (Å²) in [7, 11) is 0. The lowest BCUT2D eigenvalue weighted by molar-refractivity contribution is 0.0690. The third kappa shape index (κ3) is 1.80. The second-order valence-corrected chi connectivity index (χ2v) is 3.58. The fraction of sp³-hybridized carbons (Fsp3) is 0.333. The number of carbonyl (C=O) groups is 1. The fourth-order valence-corrected chi connectivity index (χ4v) is 1.50. The van der Waals surface area contributed by atoms with E-state index in [4.69, 9.17) is 16.7 Å². The molecule has 68 valence electrons. The summed E-state index contributed by atoms with van der Waals surface area (Å²) < 4.78 is 0. The van der Waals surface area contributed by atoms with Gasteiger partial charge in [0.1, 0.15) is 10.8 Å². The quantitative estimate of drug-likeness (QED) is 0.741. The van der Waals surface area contributed by atoms with Crippen molar-refractivity contribution in [1.29, 1.82) is 0 Å². The van der Waals surface area contributed by atoms with E-state index >= 15 is 0 Å². The molecule has 0 radical (unpaired) electrons. The average molecular weight is 198 g/mol. The highest BCUT2D eigenvalue weighted by molar-refractivity contribution is 6.29. The summed E-state index contributed by atoms with van der Waals surface area (Å²) in [5.74, 6) is -0.525. The van der Waals surface area contributed by atoms with Gasteiger partial charge in [-0.15, -0.1) is 0 Å². The Kier molecular flexibility index (Phi) is 1.96. The molecule has 2 rings (SSSR count). The lowest BCUT2D eigenvalue weighted by Crippen LogP contribution is -2.01. The van der Waals surface area contributed by atoms with Crippen LogP contribution in [-0.2, 0) is 0 Å². The molecule has 1 aliphatic carbocycles. The zero-order valence-corrected chi connectivity index (χ0v) is 7.58. The van der Waals surface area contributed by atoms with Crippen LogP contribution >= 0.6 is 11.6 Å². The molecule has 1 N–H and O–H groups in total. The van der Waals surface area contributed by atoms with E-state index in [9.17, 15) is 4.79 Å². The molecule has 4 heteroatoms. The molecule has 1 aromatic heterocycles. The highest BCUT2D eigenvalue weighted by Crippen LogP contribution is 2.40. The first-order valence-corrected chi connectivity index (χ1v) is 4.45. The molecule has 13 heavy (non-hydrogen) atoms. The van der Waals surface area contributed by atoms with Gasteiger partial charge in [-0.3, -0.25) is 0 Å². The van der Waals surface area contributed by atoms with Crippen molar-refractivity contribution >= 4 is 17.6 Å². The molecule has 1 heterocycles. The monoisotopic (exact) mass is 197 g/mol. The van der Waals surface area contributed by atoms with Crippen LogP contribution in [-0.4, -0.2) is 16.1 Å². The number of aromatic carboxylic acids is 1. The molecular weight excluding hydrogens is 190 g/mol. The van der Waals surface area contributed by atoms with Crippen LogP contribution in [0.2, 0.25) is 5.15 Å².